The summed E-state index contributed by atoms with van der Waals surface area (Å²) in [6.45, 7) is 2.80. The second-order valence-corrected chi connectivity index (χ2v) is 7.75. The first-order valence-electron chi connectivity index (χ1n) is 10.6. The number of benzene rings is 4. The van der Waals surface area contributed by atoms with Gasteiger partial charge in [0.15, 0.2) is 11.5 Å². The van der Waals surface area contributed by atoms with Gasteiger partial charge in [0.05, 0.1) is 12.8 Å². The smallest absolute Gasteiger partial charge is 0.271 e. The molecule has 5 nitrogen and oxygen atoms in total. The summed E-state index contributed by atoms with van der Waals surface area (Å²) in [5.74, 6) is 0.963. The molecule has 0 saturated carbocycles. The molecule has 0 atom stereocenters. The van der Waals surface area contributed by atoms with E-state index in [2.05, 4.69) is 10.5 Å². The van der Waals surface area contributed by atoms with Crippen molar-refractivity contribution in [2.24, 2.45) is 5.10 Å². The van der Waals surface area contributed by atoms with Crippen LogP contribution < -0.4 is 14.9 Å². The Kier molecular flexibility index (Phi) is 7.22. The van der Waals surface area contributed by atoms with Crippen molar-refractivity contribution in [1.82, 2.24) is 5.43 Å². The molecule has 4 rings (SSSR count). The fourth-order valence-corrected chi connectivity index (χ4v) is 3.42. The van der Waals surface area contributed by atoms with Gasteiger partial charge in [0.25, 0.3) is 5.91 Å². The van der Waals surface area contributed by atoms with Crippen LogP contribution >= 0.6 is 11.6 Å². The molecule has 0 heterocycles. The summed E-state index contributed by atoms with van der Waals surface area (Å²) in [7, 11) is 0. The number of hydrazone groups is 1. The Labute approximate surface area is 197 Å². The van der Waals surface area contributed by atoms with Gasteiger partial charge in [-0.1, -0.05) is 54.1 Å². The zero-order valence-electron chi connectivity index (χ0n) is 18.1. The molecule has 1 amide bonds. The van der Waals surface area contributed by atoms with Crippen LogP contribution in [0.3, 0.4) is 0 Å². The molecule has 6 heteroatoms. The Hall–Kier alpha value is -3.83. The third-order valence-electron chi connectivity index (χ3n) is 4.97. The number of hydrogen-bond donors (Lipinski definition) is 1. The van der Waals surface area contributed by atoms with Gasteiger partial charge < -0.3 is 9.47 Å². The first kappa shape index (κ1) is 22.4. The Bertz CT molecular complexity index is 1290. The quantitative estimate of drug-likeness (QED) is 0.251. The molecular weight excluding hydrogens is 436 g/mol. The highest BCUT2D eigenvalue weighted by Crippen LogP contribution is 2.29. The van der Waals surface area contributed by atoms with Crippen molar-refractivity contribution >= 4 is 34.5 Å². The van der Waals surface area contributed by atoms with Gasteiger partial charge in [-0.15, -0.1) is 0 Å². The molecule has 33 heavy (non-hydrogen) atoms. The summed E-state index contributed by atoms with van der Waals surface area (Å²) in [5, 5.41) is 6.87. The first-order chi connectivity index (χ1) is 16.1. The van der Waals surface area contributed by atoms with Crippen LogP contribution in [0.15, 0.2) is 90.0 Å². The number of carbonyl (C=O) groups is 1. The van der Waals surface area contributed by atoms with Crippen molar-refractivity contribution < 1.29 is 14.3 Å². The van der Waals surface area contributed by atoms with Crippen molar-refractivity contribution in [3.63, 3.8) is 0 Å². The normalized spacial score (nSPS) is 11.0. The maximum absolute atomic E-state index is 12.5. The molecule has 0 fully saturated rings. The summed E-state index contributed by atoms with van der Waals surface area (Å²) in [5.41, 5.74) is 4.90. The minimum Gasteiger partial charge on any atom is -0.490 e. The topological polar surface area (TPSA) is 59.9 Å². The van der Waals surface area contributed by atoms with Gasteiger partial charge in [-0.2, -0.15) is 5.10 Å². The SMILES string of the molecule is CCOc1cc(/C=N\NC(=O)c2ccc3ccccc3c2)ccc1OCc1ccc(Cl)cc1. The molecule has 166 valence electrons. The first-order valence-corrected chi connectivity index (χ1v) is 11.0. The van der Waals surface area contributed by atoms with Gasteiger partial charge >= 0.3 is 0 Å². The van der Waals surface area contributed by atoms with E-state index in [1.807, 2.05) is 85.8 Å². The molecular formula is C27H23ClN2O3. The lowest BCUT2D eigenvalue weighted by Gasteiger charge is -2.12. The highest BCUT2D eigenvalue weighted by molar-refractivity contribution is 6.30. The van der Waals surface area contributed by atoms with Gasteiger partial charge in [0, 0.05) is 10.6 Å². The Morgan fingerprint density at radius 3 is 2.48 bits per heavy atom. The van der Waals surface area contributed by atoms with E-state index in [0.29, 0.717) is 35.3 Å². The number of nitrogens with one attached hydrogen (secondary N) is 1. The van der Waals surface area contributed by atoms with Gasteiger partial charge in [-0.05, 0) is 71.3 Å². The number of rotatable bonds is 8. The van der Waals surface area contributed by atoms with Crippen LogP contribution in [0.4, 0.5) is 0 Å². The van der Waals surface area contributed by atoms with Crippen LogP contribution in [-0.4, -0.2) is 18.7 Å². The van der Waals surface area contributed by atoms with E-state index in [1.165, 1.54) is 0 Å². The number of fused-ring (bicyclic) bond motifs is 1. The molecule has 0 saturated heterocycles. The van der Waals surface area contributed by atoms with Crippen molar-refractivity contribution in [1.29, 1.82) is 0 Å². The van der Waals surface area contributed by atoms with Gasteiger partial charge in [-0.25, -0.2) is 5.43 Å². The lowest BCUT2D eigenvalue weighted by Crippen LogP contribution is -2.17. The number of nitrogens with zero attached hydrogens (tertiary/aromatic N) is 1. The van der Waals surface area contributed by atoms with Crippen LogP contribution in [0.1, 0.15) is 28.4 Å². The van der Waals surface area contributed by atoms with Crippen LogP contribution in [0, 0.1) is 0 Å². The molecule has 0 bridgehead atoms. The van der Waals surface area contributed by atoms with Crippen LogP contribution in [-0.2, 0) is 6.61 Å². The predicted octanol–water partition coefficient (Wildman–Crippen LogP) is 6.23. The Morgan fingerprint density at radius 1 is 0.909 bits per heavy atom. The van der Waals surface area contributed by atoms with Gasteiger partial charge in [0.1, 0.15) is 6.61 Å². The summed E-state index contributed by atoms with van der Waals surface area (Å²) in [6, 6.07) is 26.4. The lowest BCUT2D eigenvalue weighted by atomic mass is 10.1. The average molecular weight is 459 g/mol. The molecule has 1 N–H and O–H groups in total. The average Bonchev–Trinajstić information content (AvgIpc) is 2.84. The van der Waals surface area contributed by atoms with E-state index in [-0.39, 0.29) is 5.91 Å². The van der Waals surface area contributed by atoms with Crippen molar-refractivity contribution in [3.05, 3.63) is 107 Å². The summed E-state index contributed by atoms with van der Waals surface area (Å²) in [6.07, 6.45) is 1.57. The predicted molar refractivity (Wildman–Crippen MR) is 132 cm³/mol. The maximum Gasteiger partial charge on any atom is 0.271 e. The van der Waals surface area contributed by atoms with Crippen molar-refractivity contribution in [2.75, 3.05) is 6.61 Å². The zero-order valence-corrected chi connectivity index (χ0v) is 18.9. The van der Waals surface area contributed by atoms with E-state index >= 15 is 0 Å². The molecule has 0 aliphatic heterocycles. The largest absolute Gasteiger partial charge is 0.490 e. The number of carbonyl (C=O) groups excluding carboxylic acids is 1. The van der Waals surface area contributed by atoms with Gasteiger partial charge in [-0.3, -0.25) is 4.79 Å². The highest BCUT2D eigenvalue weighted by atomic mass is 35.5. The molecule has 0 aliphatic rings. The minimum atomic E-state index is -0.273. The monoisotopic (exact) mass is 458 g/mol. The standard InChI is InChI=1S/C27H23ClN2O3/c1-2-32-26-15-20(9-14-25(26)33-18-19-7-12-24(28)13-8-19)17-29-30-27(31)23-11-10-21-5-3-4-6-22(21)16-23/h3-17H,2,18H2,1H3,(H,30,31)/b29-17-. The van der Waals surface area contributed by atoms with E-state index < -0.39 is 0 Å². The van der Waals surface area contributed by atoms with Crippen molar-refractivity contribution in [3.8, 4) is 11.5 Å². The molecule has 4 aromatic rings. The second-order valence-electron chi connectivity index (χ2n) is 7.32. The summed E-state index contributed by atoms with van der Waals surface area (Å²) < 4.78 is 11.7. The number of amides is 1. The molecule has 0 radical (unpaired) electrons. The third-order valence-corrected chi connectivity index (χ3v) is 5.22. The Morgan fingerprint density at radius 2 is 1.70 bits per heavy atom. The lowest BCUT2D eigenvalue weighted by molar-refractivity contribution is 0.0955. The molecule has 4 aromatic carbocycles. The number of hydrogen-bond acceptors (Lipinski definition) is 4. The fraction of sp³-hybridized carbons (Fsp3) is 0.111. The van der Waals surface area contributed by atoms with Crippen LogP contribution in [0.5, 0.6) is 11.5 Å². The number of ether oxygens (including phenoxy) is 2. The van der Waals surface area contributed by atoms with Crippen LogP contribution in [0.25, 0.3) is 10.8 Å². The Balaban J connectivity index is 1.41. The second kappa shape index (κ2) is 10.7. The van der Waals surface area contributed by atoms with E-state index in [1.54, 1.807) is 12.3 Å². The molecule has 0 aromatic heterocycles. The minimum absolute atomic E-state index is 0.273. The highest BCUT2D eigenvalue weighted by Gasteiger charge is 2.08. The molecule has 0 unspecified atom stereocenters. The summed E-state index contributed by atoms with van der Waals surface area (Å²) in [4.78, 5) is 12.5. The third kappa shape index (κ3) is 5.90. The fourth-order valence-electron chi connectivity index (χ4n) is 3.29. The maximum atomic E-state index is 12.5. The summed E-state index contributed by atoms with van der Waals surface area (Å²) >= 11 is 5.93. The molecule has 0 spiro atoms. The molecule has 0 aliphatic carbocycles. The van der Waals surface area contributed by atoms with Crippen molar-refractivity contribution in [2.45, 2.75) is 13.5 Å². The number of halogens is 1. The van der Waals surface area contributed by atoms with E-state index in [0.717, 1.165) is 21.9 Å². The van der Waals surface area contributed by atoms with Crippen LogP contribution in [0.2, 0.25) is 5.02 Å². The van der Waals surface area contributed by atoms with Gasteiger partial charge in [0.2, 0.25) is 0 Å². The van der Waals surface area contributed by atoms with E-state index in [9.17, 15) is 4.79 Å². The zero-order chi connectivity index (χ0) is 23.0. The van der Waals surface area contributed by atoms with E-state index in [4.69, 9.17) is 21.1 Å².